The number of hydrogen-bond donors (Lipinski definition) is 0. The van der Waals surface area contributed by atoms with Crippen molar-refractivity contribution in [3.63, 3.8) is 0 Å². The van der Waals surface area contributed by atoms with E-state index in [1.807, 2.05) is 0 Å². The van der Waals surface area contributed by atoms with Gasteiger partial charge in [-0.05, 0) is 18.2 Å². The number of nitrogens with zero attached hydrogens (tertiary/aromatic N) is 2. The molecular formula is C14H14N2O4. The van der Waals surface area contributed by atoms with Crippen LogP contribution >= 0.6 is 0 Å². The molecule has 0 unspecified atom stereocenters. The molecule has 0 atom stereocenters. The second-order valence-electron chi connectivity index (χ2n) is 4.57. The van der Waals surface area contributed by atoms with Gasteiger partial charge in [-0.25, -0.2) is 0 Å². The van der Waals surface area contributed by atoms with E-state index in [-0.39, 0.29) is 11.8 Å². The Kier molecular flexibility index (Phi) is 3.28. The lowest BCUT2D eigenvalue weighted by Gasteiger charge is -2.34. The summed E-state index contributed by atoms with van der Waals surface area (Å²) in [7, 11) is 0. The van der Waals surface area contributed by atoms with Gasteiger partial charge in [-0.2, -0.15) is 0 Å². The Morgan fingerprint density at radius 1 is 0.950 bits per heavy atom. The van der Waals surface area contributed by atoms with Crippen LogP contribution in [-0.4, -0.2) is 47.8 Å². The Morgan fingerprint density at radius 2 is 1.65 bits per heavy atom. The minimum atomic E-state index is -0.134. The number of furan rings is 2. The molecule has 3 rings (SSSR count). The van der Waals surface area contributed by atoms with Gasteiger partial charge in [0.15, 0.2) is 5.76 Å². The lowest BCUT2D eigenvalue weighted by molar-refractivity contribution is 0.0517. The van der Waals surface area contributed by atoms with E-state index < -0.39 is 0 Å². The molecule has 0 aromatic carbocycles. The number of piperazine rings is 1. The molecule has 1 aliphatic rings. The van der Waals surface area contributed by atoms with E-state index in [0.717, 1.165) is 0 Å². The van der Waals surface area contributed by atoms with Gasteiger partial charge in [-0.3, -0.25) is 9.59 Å². The highest BCUT2D eigenvalue weighted by Crippen LogP contribution is 2.12. The third-order valence-electron chi connectivity index (χ3n) is 3.35. The van der Waals surface area contributed by atoms with Gasteiger partial charge in [0.1, 0.15) is 6.26 Å². The van der Waals surface area contributed by atoms with E-state index in [1.165, 1.54) is 18.8 Å². The summed E-state index contributed by atoms with van der Waals surface area (Å²) in [5.74, 6) is 0.133. The summed E-state index contributed by atoms with van der Waals surface area (Å²) in [6.45, 7) is 2.03. The minimum absolute atomic E-state index is 0.0659. The summed E-state index contributed by atoms with van der Waals surface area (Å²) in [5, 5.41) is 0. The van der Waals surface area contributed by atoms with Crippen LogP contribution in [0.5, 0.6) is 0 Å². The molecule has 1 aliphatic heterocycles. The third kappa shape index (κ3) is 2.32. The van der Waals surface area contributed by atoms with E-state index in [4.69, 9.17) is 8.83 Å². The quantitative estimate of drug-likeness (QED) is 0.831. The van der Waals surface area contributed by atoms with Crippen molar-refractivity contribution in [2.24, 2.45) is 0 Å². The summed E-state index contributed by atoms with van der Waals surface area (Å²) in [6, 6.07) is 4.97. The van der Waals surface area contributed by atoms with Crippen LogP contribution in [0.15, 0.2) is 45.8 Å². The van der Waals surface area contributed by atoms with Crippen molar-refractivity contribution in [1.29, 1.82) is 0 Å². The maximum absolute atomic E-state index is 12.1. The number of carbonyl (C=O) groups excluding carboxylic acids is 2. The molecule has 20 heavy (non-hydrogen) atoms. The van der Waals surface area contributed by atoms with Crippen LogP contribution in [0.3, 0.4) is 0 Å². The average Bonchev–Trinajstić information content (AvgIpc) is 3.18. The normalized spacial score (nSPS) is 15.4. The van der Waals surface area contributed by atoms with Crippen LogP contribution in [0.25, 0.3) is 0 Å². The highest BCUT2D eigenvalue weighted by molar-refractivity contribution is 5.94. The molecule has 2 aromatic rings. The lowest BCUT2D eigenvalue weighted by Crippen LogP contribution is -2.50. The Labute approximate surface area is 115 Å². The summed E-state index contributed by atoms with van der Waals surface area (Å²) >= 11 is 0. The largest absolute Gasteiger partial charge is 0.472 e. The first-order valence-electron chi connectivity index (χ1n) is 6.40. The van der Waals surface area contributed by atoms with Crippen LogP contribution in [0, 0.1) is 0 Å². The summed E-state index contributed by atoms with van der Waals surface area (Å²) in [4.78, 5) is 27.6. The molecule has 2 amide bonds. The fourth-order valence-electron chi connectivity index (χ4n) is 2.24. The van der Waals surface area contributed by atoms with Crippen molar-refractivity contribution in [1.82, 2.24) is 9.80 Å². The van der Waals surface area contributed by atoms with E-state index in [2.05, 4.69) is 0 Å². The fraction of sp³-hybridized carbons (Fsp3) is 0.286. The maximum Gasteiger partial charge on any atom is 0.289 e. The first-order chi connectivity index (χ1) is 9.75. The topological polar surface area (TPSA) is 66.9 Å². The second kappa shape index (κ2) is 5.24. The lowest BCUT2D eigenvalue weighted by atomic mass is 10.2. The number of hydrogen-bond acceptors (Lipinski definition) is 4. The molecule has 1 fully saturated rings. The van der Waals surface area contributed by atoms with Crippen molar-refractivity contribution in [3.05, 3.63) is 48.3 Å². The Morgan fingerprint density at radius 3 is 2.20 bits per heavy atom. The van der Waals surface area contributed by atoms with Gasteiger partial charge < -0.3 is 18.6 Å². The van der Waals surface area contributed by atoms with E-state index in [0.29, 0.717) is 37.5 Å². The van der Waals surface area contributed by atoms with Crippen LogP contribution in [0.1, 0.15) is 20.9 Å². The second-order valence-corrected chi connectivity index (χ2v) is 4.57. The molecule has 0 bridgehead atoms. The maximum atomic E-state index is 12.1. The molecule has 104 valence electrons. The molecule has 0 aliphatic carbocycles. The standard InChI is InChI=1S/C14H14N2O4/c17-13(11-3-9-19-10-11)15-4-6-16(7-5-15)14(18)12-2-1-8-20-12/h1-3,8-10H,4-7H2. The predicted octanol–water partition coefficient (Wildman–Crippen LogP) is 1.47. The summed E-state index contributed by atoms with van der Waals surface area (Å²) in [6.07, 6.45) is 4.39. The first kappa shape index (κ1) is 12.5. The first-order valence-corrected chi connectivity index (χ1v) is 6.40. The highest BCUT2D eigenvalue weighted by Gasteiger charge is 2.26. The molecular weight excluding hydrogens is 260 g/mol. The van der Waals surface area contributed by atoms with Crippen molar-refractivity contribution in [3.8, 4) is 0 Å². The zero-order valence-corrected chi connectivity index (χ0v) is 10.8. The van der Waals surface area contributed by atoms with Crippen LogP contribution in [0.2, 0.25) is 0 Å². The Balaban J connectivity index is 1.60. The van der Waals surface area contributed by atoms with Gasteiger partial charge in [0.25, 0.3) is 11.8 Å². The van der Waals surface area contributed by atoms with Gasteiger partial charge in [0.2, 0.25) is 0 Å². The van der Waals surface area contributed by atoms with Crippen LogP contribution < -0.4 is 0 Å². The SMILES string of the molecule is O=C(c1ccoc1)N1CCN(C(=O)c2ccco2)CC1. The summed E-state index contributed by atoms with van der Waals surface area (Å²) < 4.78 is 10.0. The smallest absolute Gasteiger partial charge is 0.289 e. The van der Waals surface area contributed by atoms with Crippen molar-refractivity contribution in [2.75, 3.05) is 26.2 Å². The molecule has 6 nitrogen and oxygen atoms in total. The monoisotopic (exact) mass is 274 g/mol. The summed E-state index contributed by atoms with van der Waals surface area (Å²) in [5.41, 5.74) is 0.538. The van der Waals surface area contributed by atoms with Crippen molar-refractivity contribution >= 4 is 11.8 Å². The molecule has 2 aromatic heterocycles. The van der Waals surface area contributed by atoms with E-state index >= 15 is 0 Å². The Bertz CT molecular complexity index is 526. The third-order valence-corrected chi connectivity index (χ3v) is 3.35. The molecule has 3 heterocycles. The molecule has 0 saturated carbocycles. The fourth-order valence-corrected chi connectivity index (χ4v) is 2.24. The zero-order chi connectivity index (χ0) is 13.9. The van der Waals surface area contributed by atoms with Crippen molar-refractivity contribution in [2.45, 2.75) is 0 Å². The predicted molar refractivity (Wildman–Crippen MR) is 69.2 cm³/mol. The number of carbonyl (C=O) groups is 2. The van der Waals surface area contributed by atoms with Crippen LogP contribution in [0.4, 0.5) is 0 Å². The Hall–Kier alpha value is -2.50. The van der Waals surface area contributed by atoms with Gasteiger partial charge in [-0.15, -0.1) is 0 Å². The molecule has 0 N–H and O–H groups in total. The molecule has 0 spiro atoms. The zero-order valence-electron chi connectivity index (χ0n) is 10.8. The van der Waals surface area contributed by atoms with Gasteiger partial charge in [-0.1, -0.05) is 0 Å². The molecule has 6 heteroatoms. The van der Waals surface area contributed by atoms with Gasteiger partial charge >= 0.3 is 0 Å². The highest BCUT2D eigenvalue weighted by atomic mass is 16.3. The number of rotatable bonds is 2. The average molecular weight is 274 g/mol. The van der Waals surface area contributed by atoms with Gasteiger partial charge in [0.05, 0.1) is 18.1 Å². The van der Waals surface area contributed by atoms with Crippen molar-refractivity contribution < 1.29 is 18.4 Å². The molecule has 1 saturated heterocycles. The van der Waals surface area contributed by atoms with E-state index in [1.54, 1.807) is 28.0 Å². The van der Waals surface area contributed by atoms with E-state index in [9.17, 15) is 9.59 Å². The minimum Gasteiger partial charge on any atom is -0.472 e. The molecule has 0 radical (unpaired) electrons. The number of amides is 2. The van der Waals surface area contributed by atoms with Crippen LogP contribution in [-0.2, 0) is 0 Å². The van der Waals surface area contributed by atoms with Gasteiger partial charge in [0, 0.05) is 26.2 Å².